The van der Waals surface area contributed by atoms with E-state index in [-0.39, 0.29) is 29.6 Å². The molecule has 7 heteroatoms. The summed E-state index contributed by atoms with van der Waals surface area (Å²) >= 11 is 0. The Balaban J connectivity index is 2.59. The van der Waals surface area contributed by atoms with Crippen molar-refractivity contribution in [2.24, 2.45) is 0 Å². The van der Waals surface area contributed by atoms with Crippen molar-refractivity contribution in [2.45, 2.75) is 39.2 Å². The fourth-order valence-electron chi connectivity index (χ4n) is 2.82. The fraction of sp³-hybridized carbons (Fsp3) is 0.400. The van der Waals surface area contributed by atoms with Crippen molar-refractivity contribution in [2.75, 3.05) is 14.2 Å². The topological polar surface area (TPSA) is 95.2 Å². The molecule has 1 aromatic heterocycles. The van der Waals surface area contributed by atoms with Gasteiger partial charge in [0.15, 0.2) is 11.5 Å². The van der Waals surface area contributed by atoms with Crippen LogP contribution in [0.5, 0.6) is 17.2 Å². The van der Waals surface area contributed by atoms with E-state index in [1.807, 2.05) is 13.8 Å². The van der Waals surface area contributed by atoms with Crippen LogP contribution in [0.15, 0.2) is 33.5 Å². The third-order valence-corrected chi connectivity index (χ3v) is 3.99. The van der Waals surface area contributed by atoms with E-state index in [1.165, 1.54) is 20.3 Å². The van der Waals surface area contributed by atoms with E-state index < -0.39 is 17.5 Å². The summed E-state index contributed by atoms with van der Waals surface area (Å²) in [5.41, 5.74) is -0.131. The van der Waals surface area contributed by atoms with Gasteiger partial charge in [-0.05, 0) is 38.5 Å². The summed E-state index contributed by atoms with van der Waals surface area (Å²) < 4.78 is 20.9. The zero-order chi connectivity index (χ0) is 20.1. The van der Waals surface area contributed by atoms with Crippen molar-refractivity contribution in [1.82, 2.24) is 0 Å². The van der Waals surface area contributed by atoms with Crippen LogP contribution in [-0.2, 0) is 9.53 Å². The van der Waals surface area contributed by atoms with Gasteiger partial charge in [-0.1, -0.05) is 6.07 Å². The number of carbonyl (C=O) groups excluding carboxylic acids is 1. The van der Waals surface area contributed by atoms with E-state index in [4.69, 9.17) is 18.6 Å². The van der Waals surface area contributed by atoms with Gasteiger partial charge in [0.1, 0.15) is 11.5 Å². The normalized spacial score (nSPS) is 11.9. The van der Waals surface area contributed by atoms with Crippen LogP contribution in [0, 0.1) is 6.92 Å². The second-order valence-electron chi connectivity index (χ2n) is 6.35. The molecule has 1 aromatic carbocycles. The van der Waals surface area contributed by atoms with Gasteiger partial charge in [-0.15, -0.1) is 0 Å². The van der Waals surface area contributed by atoms with Gasteiger partial charge in [-0.2, -0.15) is 0 Å². The lowest BCUT2D eigenvalue weighted by molar-refractivity contribution is -0.140. The molecule has 27 heavy (non-hydrogen) atoms. The average molecular weight is 376 g/mol. The minimum absolute atomic E-state index is 0.00872. The Bertz CT molecular complexity index is 867. The third kappa shape index (κ3) is 4.81. The van der Waals surface area contributed by atoms with Gasteiger partial charge in [0, 0.05) is 12.0 Å². The molecule has 1 atom stereocenters. The zero-order valence-electron chi connectivity index (χ0n) is 16.1. The number of hydrogen-bond donors (Lipinski definition) is 1. The summed E-state index contributed by atoms with van der Waals surface area (Å²) in [6.45, 7) is 5.34. The Kier molecular flexibility index (Phi) is 6.50. The van der Waals surface area contributed by atoms with Crippen molar-refractivity contribution in [1.29, 1.82) is 0 Å². The first kappa shape index (κ1) is 20.4. The van der Waals surface area contributed by atoms with Crippen LogP contribution in [-0.4, -0.2) is 31.4 Å². The summed E-state index contributed by atoms with van der Waals surface area (Å²) in [5, 5.41) is 10.3. The Morgan fingerprint density at radius 3 is 2.44 bits per heavy atom. The molecule has 0 fully saturated rings. The molecule has 0 aliphatic heterocycles. The standard InChI is InChI=1S/C20H24O7/c1-11(2)26-16-7-6-13(9-17(16)24-4)14(10-18(22)25-5)19-15(21)8-12(3)27-20(19)23/h6-9,11,14,21H,10H2,1-5H3/t14-/m1/s1. The van der Waals surface area contributed by atoms with Crippen molar-refractivity contribution in [3.05, 3.63) is 51.6 Å². The molecule has 2 aromatic rings. The van der Waals surface area contributed by atoms with Crippen LogP contribution >= 0.6 is 0 Å². The minimum Gasteiger partial charge on any atom is -0.507 e. The number of methoxy groups -OCH3 is 2. The highest BCUT2D eigenvalue weighted by Crippen LogP contribution is 2.37. The highest BCUT2D eigenvalue weighted by molar-refractivity contribution is 5.71. The van der Waals surface area contributed by atoms with E-state index in [0.29, 0.717) is 17.1 Å². The van der Waals surface area contributed by atoms with Crippen molar-refractivity contribution in [3.63, 3.8) is 0 Å². The fourth-order valence-corrected chi connectivity index (χ4v) is 2.82. The van der Waals surface area contributed by atoms with Crippen molar-refractivity contribution < 1.29 is 28.5 Å². The molecule has 0 radical (unpaired) electrons. The highest BCUT2D eigenvalue weighted by atomic mass is 16.5. The van der Waals surface area contributed by atoms with Gasteiger partial charge in [0.25, 0.3) is 0 Å². The number of carbonyl (C=O) groups is 1. The van der Waals surface area contributed by atoms with Gasteiger partial charge in [0.05, 0.1) is 32.3 Å². The summed E-state index contributed by atoms with van der Waals surface area (Å²) in [4.78, 5) is 24.3. The van der Waals surface area contributed by atoms with E-state index in [9.17, 15) is 14.7 Å². The minimum atomic E-state index is -0.767. The van der Waals surface area contributed by atoms with Crippen LogP contribution in [0.4, 0.5) is 0 Å². The Labute approximate surface area is 157 Å². The maximum Gasteiger partial charge on any atom is 0.343 e. The molecule has 0 unspecified atom stereocenters. The summed E-state index contributed by atoms with van der Waals surface area (Å²) in [7, 11) is 2.76. The molecule has 7 nitrogen and oxygen atoms in total. The van der Waals surface area contributed by atoms with E-state index in [2.05, 4.69) is 0 Å². The number of rotatable bonds is 7. The summed E-state index contributed by atoms with van der Waals surface area (Å²) in [6.07, 6.45) is -0.199. The maximum absolute atomic E-state index is 12.4. The molecule has 0 bridgehead atoms. The first-order valence-corrected chi connectivity index (χ1v) is 8.51. The lowest BCUT2D eigenvalue weighted by atomic mass is 9.88. The summed E-state index contributed by atoms with van der Waals surface area (Å²) in [6, 6.07) is 6.43. The number of aromatic hydroxyl groups is 1. The van der Waals surface area contributed by atoms with Crippen LogP contribution < -0.4 is 15.1 Å². The molecule has 1 N–H and O–H groups in total. The lowest BCUT2D eigenvalue weighted by Crippen LogP contribution is -2.18. The SMILES string of the molecule is COC(=O)C[C@H](c1ccc(OC(C)C)c(OC)c1)c1c(O)cc(C)oc1=O. The monoisotopic (exact) mass is 376 g/mol. The van der Waals surface area contributed by atoms with Crippen LogP contribution in [0.2, 0.25) is 0 Å². The second-order valence-corrected chi connectivity index (χ2v) is 6.35. The number of ether oxygens (including phenoxy) is 3. The molecule has 1 heterocycles. The van der Waals surface area contributed by atoms with E-state index >= 15 is 0 Å². The molecule has 146 valence electrons. The largest absolute Gasteiger partial charge is 0.507 e. The molecule has 2 rings (SSSR count). The smallest absolute Gasteiger partial charge is 0.343 e. The quantitative estimate of drug-likeness (QED) is 0.742. The zero-order valence-corrected chi connectivity index (χ0v) is 16.1. The molecule has 0 spiro atoms. The molecule has 0 aliphatic carbocycles. The van der Waals surface area contributed by atoms with Crippen molar-refractivity contribution >= 4 is 5.97 Å². The number of hydrogen-bond acceptors (Lipinski definition) is 7. The van der Waals surface area contributed by atoms with Gasteiger partial charge in [0.2, 0.25) is 0 Å². The Morgan fingerprint density at radius 2 is 1.89 bits per heavy atom. The van der Waals surface area contributed by atoms with E-state index in [0.717, 1.165) is 0 Å². The first-order valence-electron chi connectivity index (χ1n) is 8.51. The number of benzene rings is 1. The van der Waals surface area contributed by atoms with Crippen LogP contribution in [0.3, 0.4) is 0 Å². The Morgan fingerprint density at radius 1 is 1.19 bits per heavy atom. The maximum atomic E-state index is 12.4. The molecule has 0 saturated heterocycles. The highest BCUT2D eigenvalue weighted by Gasteiger charge is 2.27. The second kappa shape index (κ2) is 8.62. The molecular formula is C20H24O7. The average Bonchev–Trinajstić information content (AvgIpc) is 2.59. The molecule has 0 saturated carbocycles. The number of esters is 1. The van der Waals surface area contributed by atoms with Gasteiger partial charge in [-0.25, -0.2) is 4.79 Å². The molecular weight excluding hydrogens is 352 g/mol. The first-order chi connectivity index (χ1) is 12.8. The van der Waals surface area contributed by atoms with Crippen LogP contribution in [0.1, 0.15) is 43.1 Å². The van der Waals surface area contributed by atoms with Gasteiger partial charge in [-0.3, -0.25) is 4.79 Å². The van der Waals surface area contributed by atoms with Crippen LogP contribution in [0.25, 0.3) is 0 Å². The predicted octanol–water partition coefficient (Wildman–Crippen LogP) is 3.14. The Hall–Kier alpha value is -2.96. The third-order valence-electron chi connectivity index (χ3n) is 3.99. The van der Waals surface area contributed by atoms with E-state index in [1.54, 1.807) is 25.1 Å². The molecule has 0 amide bonds. The number of aryl methyl sites for hydroxylation is 1. The van der Waals surface area contributed by atoms with Gasteiger partial charge < -0.3 is 23.7 Å². The predicted molar refractivity (Wildman–Crippen MR) is 98.6 cm³/mol. The van der Waals surface area contributed by atoms with Crippen molar-refractivity contribution in [3.8, 4) is 17.2 Å². The lowest BCUT2D eigenvalue weighted by Gasteiger charge is -2.19. The molecule has 0 aliphatic rings. The summed E-state index contributed by atoms with van der Waals surface area (Å²) in [5.74, 6) is -0.270. The van der Waals surface area contributed by atoms with Gasteiger partial charge >= 0.3 is 11.6 Å².